The predicted molar refractivity (Wildman–Crippen MR) is 607 cm³/mol. The lowest BCUT2D eigenvalue weighted by Gasteiger charge is -2.35. The number of nitrogens with zero attached hydrogens (tertiary/aromatic N) is 10. The van der Waals surface area contributed by atoms with Crippen LogP contribution in [0.2, 0.25) is 0 Å². The van der Waals surface area contributed by atoms with Crippen LogP contribution in [0.4, 0.5) is 0 Å². The third-order valence-electron chi connectivity index (χ3n) is 31.6. The van der Waals surface area contributed by atoms with E-state index in [1.54, 1.807) is 0 Å². The molecule has 0 saturated heterocycles. The number of fused-ring (bicyclic) bond motifs is 24. The molecular weight excluding hydrogens is 1790 g/mol. The monoisotopic (exact) mass is 1880 g/mol. The first kappa shape index (κ1) is 85.2. The molecule has 27 aromatic rings. The van der Waals surface area contributed by atoms with Gasteiger partial charge in [-0.15, -0.1) is 0 Å². The first-order chi connectivity index (χ1) is 72.2. The molecule has 1 unspecified atom stereocenters. The standard InChI is InChI=1S/C52H34N4O.C46H34N4.C37H25N3/c1-52(2)40-22-9-6-20-37(40)48-46-32(16-13-23-41(46)52)30-43-47(48)38-21-7-10-24-42(38)56(43)35-18-12-17-33(28-35)50-53-49(31-14-4-3-5-15-31)54-51(55-50)34-26-27-45-39(29-34)36-19-8-11-25-44(36)57-45;1-46(2)36-21-11-9-19-34(36)42-40-33(18-13-22-37(40)46)28-39-41(42)35-20-10-12-23-38(35)50(39)45-48-43(31-16-7-4-8-17-31)47-44(49-45)32-26-24-30(25-27-32)29-14-5-3-6-15-29;1-37(2)27-13-5-3-11-25(27)34-32-24(9-7-14-28(32)37)21-30-33(34)26-12-4-6-15-29(26)40(30)31-19-18-23-17-16-22-10-8-20-38-35(22)36(23)39-31/h3-30H,1-2H3;3-28,44H,1-2H3,(H,47,48,49);3-21H,1-2H3. The minimum Gasteiger partial charge on any atom is -0.456 e. The van der Waals surface area contributed by atoms with Crippen molar-refractivity contribution in [1.82, 2.24) is 43.9 Å². The molecule has 20 aromatic carbocycles. The van der Waals surface area contributed by atoms with Gasteiger partial charge in [-0.3, -0.25) is 14.1 Å². The van der Waals surface area contributed by atoms with Gasteiger partial charge in [-0.2, -0.15) is 0 Å². The number of benzene rings is 20. The molecule has 0 amide bonds. The van der Waals surface area contributed by atoms with Gasteiger partial charge in [0.05, 0.1) is 44.1 Å². The average Bonchev–Trinajstić information content (AvgIpc) is 1.58. The van der Waals surface area contributed by atoms with Gasteiger partial charge in [0.2, 0.25) is 5.96 Å². The van der Waals surface area contributed by atoms with Gasteiger partial charge in [-0.05, 0) is 190 Å². The van der Waals surface area contributed by atoms with Crippen molar-refractivity contribution in [2.24, 2.45) is 9.98 Å². The Bertz CT molecular complexity index is 10300. The molecule has 0 fully saturated rings. The zero-order valence-electron chi connectivity index (χ0n) is 81.6. The molecule has 12 nitrogen and oxygen atoms in total. The molecule has 12 heteroatoms. The van der Waals surface area contributed by atoms with Crippen LogP contribution in [0.1, 0.15) is 92.2 Å². The molecule has 694 valence electrons. The summed E-state index contributed by atoms with van der Waals surface area (Å²) in [6.45, 7) is 14.1. The van der Waals surface area contributed by atoms with Gasteiger partial charge in [0.1, 0.15) is 22.8 Å². The Kier molecular flexibility index (Phi) is 18.9. The highest BCUT2D eigenvalue weighted by Crippen LogP contribution is 2.58. The third-order valence-corrected chi connectivity index (χ3v) is 31.6. The van der Waals surface area contributed by atoms with E-state index in [1.807, 2.05) is 85.1 Å². The van der Waals surface area contributed by atoms with E-state index in [2.05, 4.69) is 418 Å². The van der Waals surface area contributed by atoms with Crippen LogP contribution in [0.5, 0.6) is 0 Å². The van der Waals surface area contributed by atoms with Crippen molar-refractivity contribution in [2.45, 2.75) is 64.0 Å². The number of rotatable bonds is 8. The topological polar surface area (TPSA) is 129 Å². The lowest BCUT2D eigenvalue weighted by molar-refractivity contribution is 0.645. The zero-order chi connectivity index (χ0) is 97.8. The third kappa shape index (κ3) is 13.1. The second-order valence-corrected chi connectivity index (χ2v) is 40.9. The maximum Gasteiger partial charge on any atom is 0.211 e. The normalized spacial score (nSPS) is 14.4. The summed E-state index contributed by atoms with van der Waals surface area (Å²) in [6.07, 6.45) is 1.43. The number of nitrogens with one attached hydrogen (secondary N) is 1. The van der Waals surface area contributed by atoms with Crippen molar-refractivity contribution in [3.63, 3.8) is 0 Å². The first-order valence-electron chi connectivity index (χ1n) is 50.6. The van der Waals surface area contributed by atoms with E-state index in [4.69, 9.17) is 39.3 Å². The Morgan fingerprint density at radius 1 is 0.259 bits per heavy atom. The predicted octanol–water partition coefficient (Wildman–Crippen LogP) is 33.5. The van der Waals surface area contributed by atoms with E-state index in [0.29, 0.717) is 17.5 Å². The molecule has 0 radical (unpaired) electrons. The molecule has 4 aliphatic rings. The van der Waals surface area contributed by atoms with Crippen molar-refractivity contribution in [1.29, 1.82) is 0 Å². The van der Waals surface area contributed by atoms with Gasteiger partial charge in [-0.25, -0.2) is 29.9 Å². The molecule has 1 N–H and O–H groups in total. The highest BCUT2D eigenvalue weighted by Gasteiger charge is 2.40. The number of hydrogen-bond donors (Lipinski definition) is 1. The Labute approximate surface area is 847 Å². The van der Waals surface area contributed by atoms with Crippen molar-refractivity contribution < 1.29 is 4.42 Å². The van der Waals surface area contributed by atoms with E-state index in [1.165, 1.54) is 154 Å². The molecule has 1 aliphatic heterocycles. The molecule has 0 saturated carbocycles. The van der Waals surface area contributed by atoms with Crippen LogP contribution in [0.25, 0.3) is 232 Å². The van der Waals surface area contributed by atoms with Gasteiger partial charge in [-0.1, -0.05) is 387 Å². The van der Waals surface area contributed by atoms with Crippen LogP contribution < -0.4 is 5.32 Å². The van der Waals surface area contributed by atoms with Gasteiger partial charge in [0, 0.05) is 121 Å². The lowest BCUT2D eigenvalue weighted by Crippen LogP contribution is -2.39. The average molecular weight is 1890 g/mol. The van der Waals surface area contributed by atoms with E-state index < -0.39 is 6.17 Å². The maximum atomic E-state index is 6.16. The Balaban J connectivity index is 0.000000106. The summed E-state index contributed by atoms with van der Waals surface area (Å²) < 4.78 is 13.2. The fourth-order valence-electron chi connectivity index (χ4n) is 24.8. The highest BCUT2D eigenvalue weighted by molar-refractivity contribution is 6.30. The van der Waals surface area contributed by atoms with Gasteiger partial charge in [0.15, 0.2) is 23.6 Å². The minimum atomic E-state index is -0.422. The number of pyridine rings is 2. The van der Waals surface area contributed by atoms with Crippen LogP contribution in [0.3, 0.4) is 0 Å². The van der Waals surface area contributed by atoms with E-state index in [0.717, 1.165) is 117 Å². The summed E-state index contributed by atoms with van der Waals surface area (Å²) in [7, 11) is 0. The summed E-state index contributed by atoms with van der Waals surface area (Å²) in [5.74, 6) is 4.31. The Hall–Kier alpha value is -18.7. The zero-order valence-corrected chi connectivity index (χ0v) is 81.6. The quantitative estimate of drug-likeness (QED) is 0.150. The summed E-state index contributed by atoms with van der Waals surface area (Å²) in [4.78, 5) is 35.9. The van der Waals surface area contributed by atoms with E-state index in [-0.39, 0.29) is 16.2 Å². The number of aliphatic imine (C=N–C) groups is 2. The van der Waals surface area contributed by atoms with E-state index >= 15 is 0 Å². The minimum absolute atomic E-state index is 0.0803. The van der Waals surface area contributed by atoms with Gasteiger partial charge < -0.3 is 14.3 Å². The SMILES string of the molecule is CC1(C)c2ccccc2-c2c3c1cccc3cc1c2c2ccccc2n1-c1ccc2ccc3cccnc3c2n1.CC1(C)c2ccccc2-c2c3c1cccc3cc1c2c2ccccc2n1-c1cccc(-c2nc(-c3ccccc3)nc(-c3ccc4oc5ccccc5c4c3)n2)c1.CC1(C)c2ccccc2-c2c3c1cccc3cc1c2c2ccccc2n1C1=NC(c2ccc(-c3ccccc3)cc2)N=C(c2ccccc2)N1. The molecular formula is C135H93N11O. The Morgan fingerprint density at radius 2 is 0.660 bits per heavy atom. The first-order valence-corrected chi connectivity index (χ1v) is 50.6. The molecule has 0 spiro atoms. The number of furan rings is 1. The van der Waals surface area contributed by atoms with Crippen LogP contribution in [0, 0.1) is 0 Å². The van der Waals surface area contributed by atoms with Gasteiger partial charge >= 0.3 is 0 Å². The fraction of sp³-hybridized carbons (Fsp3) is 0.0741. The molecule has 8 heterocycles. The van der Waals surface area contributed by atoms with Crippen LogP contribution >= 0.6 is 0 Å². The highest BCUT2D eigenvalue weighted by atomic mass is 16.3. The summed E-state index contributed by atoms with van der Waals surface area (Å²) in [5, 5.41) is 23.3. The fourth-order valence-corrected chi connectivity index (χ4v) is 24.8. The molecule has 0 bridgehead atoms. The summed E-state index contributed by atoms with van der Waals surface area (Å²) in [6, 6.07) is 156. The van der Waals surface area contributed by atoms with Crippen molar-refractivity contribution in [2.75, 3.05) is 0 Å². The summed E-state index contributed by atoms with van der Waals surface area (Å²) in [5.41, 5.74) is 34.4. The number of amidine groups is 1. The summed E-state index contributed by atoms with van der Waals surface area (Å²) >= 11 is 0. The molecule has 31 rings (SSSR count). The lowest BCUT2D eigenvalue weighted by atomic mass is 9.68. The van der Waals surface area contributed by atoms with Crippen LogP contribution in [0.15, 0.2) is 457 Å². The molecule has 147 heavy (non-hydrogen) atoms. The smallest absolute Gasteiger partial charge is 0.211 e. The number of para-hydroxylation sites is 4. The van der Waals surface area contributed by atoms with Crippen LogP contribution in [-0.4, -0.2) is 50.4 Å². The van der Waals surface area contributed by atoms with E-state index in [9.17, 15) is 0 Å². The number of hydrogen-bond acceptors (Lipinski definition) is 9. The molecule has 7 aromatic heterocycles. The molecule has 1 atom stereocenters. The number of aromatic nitrogens is 8. The van der Waals surface area contributed by atoms with Crippen molar-refractivity contribution in [3.8, 4) is 90.2 Å². The molecule has 3 aliphatic carbocycles. The van der Waals surface area contributed by atoms with Gasteiger partial charge in [0.25, 0.3) is 0 Å². The second kappa shape index (κ2) is 32.7. The largest absolute Gasteiger partial charge is 0.456 e. The van der Waals surface area contributed by atoms with Crippen LogP contribution in [-0.2, 0) is 16.2 Å². The second-order valence-electron chi connectivity index (χ2n) is 40.9. The van der Waals surface area contributed by atoms with Crippen molar-refractivity contribution in [3.05, 3.63) is 487 Å². The maximum absolute atomic E-state index is 6.16. The van der Waals surface area contributed by atoms with Crippen molar-refractivity contribution >= 4 is 153 Å². The Morgan fingerprint density at radius 3 is 1.22 bits per heavy atom.